The summed E-state index contributed by atoms with van der Waals surface area (Å²) < 4.78 is 1.92. The monoisotopic (exact) mass is 259 g/mol. The van der Waals surface area contributed by atoms with Crippen LogP contribution in [0.1, 0.15) is 17.7 Å². The molecule has 2 rings (SSSR count). The molecule has 0 aliphatic carbocycles. The molecule has 0 amide bonds. The minimum absolute atomic E-state index is 0.0633. The Hall–Kier alpha value is -1.65. The molecule has 0 bridgehead atoms. The van der Waals surface area contributed by atoms with Gasteiger partial charge >= 0.3 is 0 Å². The molecule has 1 aromatic carbocycles. The number of aliphatic hydroxyl groups excluding tert-OH is 1. The van der Waals surface area contributed by atoms with E-state index in [0.717, 1.165) is 24.2 Å². The van der Waals surface area contributed by atoms with Crippen molar-refractivity contribution in [3.63, 3.8) is 0 Å². The molecule has 4 heteroatoms. The molecule has 1 aromatic heterocycles. The van der Waals surface area contributed by atoms with Crippen LogP contribution in [0.3, 0.4) is 0 Å². The van der Waals surface area contributed by atoms with Gasteiger partial charge in [-0.25, -0.2) is 0 Å². The normalized spacial score (nSPS) is 14.3. The van der Waals surface area contributed by atoms with Crippen LogP contribution in [0.15, 0.2) is 42.6 Å². The molecule has 19 heavy (non-hydrogen) atoms. The lowest BCUT2D eigenvalue weighted by molar-refractivity contribution is 0.152. The summed E-state index contributed by atoms with van der Waals surface area (Å²) in [5.74, 6) is 0. The zero-order valence-corrected chi connectivity index (χ0v) is 11.5. The van der Waals surface area contributed by atoms with Crippen LogP contribution in [0.25, 0.3) is 0 Å². The van der Waals surface area contributed by atoms with E-state index in [4.69, 9.17) is 0 Å². The van der Waals surface area contributed by atoms with Crippen molar-refractivity contribution in [1.29, 1.82) is 0 Å². The van der Waals surface area contributed by atoms with Crippen LogP contribution in [-0.4, -0.2) is 28.5 Å². The maximum atomic E-state index is 9.82. The maximum absolute atomic E-state index is 9.82. The zero-order valence-electron chi connectivity index (χ0n) is 11.5. The van der Waals surface area contributed by atoms with E-state index in [0.29, 0.717) is 0 Å². The molecule has 4 nitrogen and oxygen atoms in total. The topological polar surface area (TPSA) is 50.1 Å². The molecule has 2 N–H and O–H groups in total. The summed E-state index contributed by atoms with van der Waals surface area (Å²) in [7, 11) is 1.89. The third-order valence-corrected chi connectivity index (χ3v) is 3.62. The molecular formula is C15H21N3O. The summed E-state index contributed by atoms with van der Waals surface area (Å²) in [5.41, 5.74) is 1.70. The van der Waals surface area contributed by atoms with Crippen molar-refractivity contribution in [2.75, 3.05) is 13.7 Å². The van der Waals surface area contributed by atoms with Crippen molar-refractivity contribution in [3.05, 3.63) is 53.9 Å². The van der Waals surface area contributed by atoms with E-state index >= 15 is 0 Å². The number of rotatable bonds is 6. The standard InChI is InChI=1S/C15H21N3O/c1-13-8-10-18(17-13)11-9-15(12-19,16-2)14-6-4-3-5-7-14/h3-8,10,16,19H,9,11-12H2,1-2H3. The highest BCUT2D eigenvalue weighted by atomic mass is 16.3. The summed E-state index contributed by atoms with van der Waals surface area (Å²) in [6, 6.07) is 12.0. The first kappa shape index (κ1) is 13.8. The number of hydrogen-bond acceptors (Lipinski definition) is 3. The lowest BCUT2D eigenvalue weighted by Gasteiger charge is -2.32. The highest BCUT2D eigenvalue weighted by Crippen LogP contribution is 2.24. The summed E-state index contributed by atoms with van der Waals surface area (Å²) in [6.45, 7) is 2.81. The first-order valence-corrected chi connectivity index (χ1v) is 6.55. The van der Waals surface area contributed by atoms with Gasteiger partial charge in [-0.1, -0.05) is 30.3 Å². The quantitative estimate of drug-likeness (QED) is 0.830. The molecular weight excluding hydrogens is 238 g/mol. The SMILES string of the molecule is CNC(CO)(CCn1ccc(C)n1)c1ccccc1. The van der Waals surface area contributed by atoms with Crippen LogP contribution in [0.2, 0.25) is 0 Å². The summed E-state index contributed by atoms with van der Waals surface area (Å²) in [5, 5.41) is 17.5. The molecule has 2 aromatic rings. The number of aryl methyl sites for hydroxylation is 2. The van der Waals surface area contributed by atoms with E-state index in [-0.39, 0.29) is 6.61 Å². The molecule has 0 fully saturated rings. The number of benzene rings is 1. The van der Waals surface area contributed by atoms with Crippen molar-refractivity contribution in [3.8, 4) is 0 Å². The van der Waals surface area contributed by atoms with Gasteiger partial charge in [0.15, 0.2) is 0 Å². The molecule has 0 aliphatic rings. The molecule has 0 saturated carbocycles. The predicted molar refractivity (Wildman–Crippen MR) is 75.8 cm³/mol. The van der Waals surface area contributed by atoms with Crippen LogP contribution in [0.4, 0.5) is 0 Å². The lowest BCUT2D eigenvalue weighted by atomic mass is 9.87. The van der Waals surface area contributed by atoms with E-state index < -0.39 is 5.54 Å². The number of nitrogens with one attached hydrogen (secondary N) is 1. The Morgan fingerprint density at radius 3 is 2.53 bits per heavy atom. The fraction of sp³-hybridized carbons (Fsp3) is 0.400. The Morgan fingerprint density at radius 2 is 2.00 bits per heavy atom. The second kappa shape index (κ2) is 5.99. The average molecular weight is 259 g/mol. The minimum atomic E-state index is -0.416. The van der Waals surface area contributed by atoms with Gasteiger partial charge in [0.25, 0.3) is 0 Å². The molecule has 0 aliphatic heterocycles. The van der Waals surface area contributed by atoms with Crippen molar-refractivity contribution in [1.82, 2.24) is 15.1 Å². The van der Waals surface area contributed by atoms with Gasteiger partial charge in [-0.15, -0.1) is 0 Å². The Morgan fingerprint density at radius 1 is 1.26 bits per heavy atom. The maximum Gasteiger partial charge on any atom is 0.0684 e. The largest absolute Gasteiger partial charge is 0.394 e. The Bertz CT molecular complexity index is 503. The number of hydrogen-bond donors (Lipinski definition) is 2. The van der Waals surface area contributed by atoms with Gasteiger partial charge in [0, 0.05) is 12.7 Å². The van der Waals surface area contributed by atoms with Crippen molar-refractivity contribution in [2.24, 2.45) is 0 Å². The van der Waals surface area contributed by atoms with Gasteiger partial charge in [-0.05, 0) is 32.0 Å². The van der Waals surface area contributed by atoms with Crippen LogP contribution < -0.4 is 5.32 Å². The lowest BCUT2D eigenvalue weighted by Crippen LogP contribution is -2.44. The molecule has 0 radical (unpaired) electrons. The highest BCUT2D eigenvalue weighted by Gasteiger charge is 2.29. The molecule has 1 unspecified atom stereocenters. The number of aliphatic hydroxyl groups is 1. The smallest absolute Gasteiger partial charge is 0.0684 e. The van der Waals surface area contributed by atoms with Crippen LogP contribution >= 0.6 is 0 Å². The van der Waals surface area contributed by atoms with Crippen molar-refractivity contribution >= 4 is 0 Å². The molecule has 0 saturated heterocycles. The zero-order chi connectivity index (χ0) is 13.7. The van der Waals surface area contributed by atoms with Gasteiger partial charge in [0.05, 0.1) is 17.8 Å². The van der Waals surface area contributed by atoms with Gasteiger partial charge < -0.3 is 10.4 Å². The average Bonchev–Trinajstić information content (AvgIpc) is 2.88. The van der Waals surface area contributed by atoms with Gasteiger partial charge in [-0.3, -0.25) is 4.68 Å². The number of likely N-dealkylation sites (N-methyl/N-ethyl adjacent to an activating group) is 1. The van der Waals surface area contributed by atoms with E-state index in [1.807, 2.05) is 61.2 Å². The molecule has 1 atom stereocenters. The minimum Gasteiger partial charge on any atom is -0.394 e. The van der Waals surface area contributed by atoms with Crippen LogP contribution in [-0.2, 0) is 12.1 Å². The second-order valence-corrected chi connectivity index (χ2v) is 4.83. The van der Waals surface area contributed by atoms with Crippen LogP contribution in [0, 0.1) is 6.92 Å². The Balaban J connectivity index is 2.16. The predicted octanol–water partition coefficient (Wildman–Crippen LogP) is 1.69. The molecule has 102 valence electrons. The first-order valence-electron chi connectivity index (χ1n) is 6.55. The highest BCUT2D eigenvalue weighted by molar-refractivity contribution is 5.24. The third-order valence-electron chi connectivity index (χ3n) is 3.62. The van der Waals surface area contributed by atoms with E-state index in [2.05, 4.69) is 10.4 Å². The fourth-order valence-corrected chi connectivity index (χ4v) is 2.31. The Labute approximate surface area is 114 Å². The Kier molecular flexibility index (Phi) is 4.35. The second-order valence-electron chi connectivity index (χ2n) is 4.83. The number of nitrogens with zero attached hydrogens (tertiary/aromatic N) is 2. The van der Waals surface area contributed by atoms with Gasteiger partial charge in [-0.2, -0.15) is 5.10 Å². The summed E-state index contributed by atoms with van der Waals surface area (Å²) in [4.78, 5) is 0. The fourth-order valence-electron chi connectivity index (χ4n) is 2.31. The van der Waals surface area contributed by atoms with E-state index in [1.54, 1.807) is 0 Å². The molecule has 1 heterocycles. The number of aromatic nitrogens is 2. The summed E-state index contributed by atoms with van der Waals surface area (Å²) in [6.07, 6.45) is 2.75. The third kappa shape index (κ3) is 3.03. The summed E-state index contributed by atoms with van der Waals surface area (Å²) >= 11 is 0. The van der Waals surface area contributed by atoms with Crippen molar-refractivity contribution < 1.29 is 5.11 Å². The van der Waals surface area contributed by atoms with Gasteiger partial charge in [0.1, 0.15) is 0 Å². The van der Waals surface area contributed by atoms with E-state index in [1.165, 1.54) is 0 Å². The van der Waals surface area contributed by atoms with Gasteiger partial charge in [0.2, 0.25) is 0 Å². The first-order chi connectivity index (χ1) is 9.20. The van der Waals surface area contributed by atoms with E-state index in [9.17, 15) is 5.11 Å². The van der Waals surface area contributed by atoms with Crippen LogP contribution in [0.5, 0.6) is 0 Å². The van der Waals surface area contributed by atoms with Crippen molar-refractivity contribution in [2.45, 2.75) is 25.4 Å². The molecule has 0 spiro atoms.